The molecule has 1 amide bonds. The first-order valence-corrected chi connectivity index (χ1v) is 10.2. The number of hydrogen-bond donors (Lipinski definition) is 0. The highest BCUT2D eigenvalue weighted by Gasteiger charge is 2.37. The first-order valence-electron chi connectivity index (χ1n) is 10.2. The number of hydrogen-bond acceptors (Lipinski definition) is 6. The molecule has 1 atom stereocenters. The molecule has 1 aliphatic rings. The van der Waals surface area contributed by atoms with Crippen LogP contribution in [0.3, 0.4) is 0 Å². The minimum Gasteiger partial charge on any atom is -0.481 e. The van der Waals surface area contributed by atoms with Gasteiger partial charge in [-0.05, 0) is 63.4 Å². The first-order chi connectivity index (χ1) is 13.6. The van der Waals surface area contributed by atoms with Crippen LogP contribution in [0.5, 0.6) is 5.88 Å². The third-order valence-electron chi connectivity index (χ3n) is 5.44. The molecule has 0 aromatic carbocycles. The van der Waals surface area contributed by atoms with Crippen molar-refractivity contribution in [3.63, 3.8) is 0 Å². The largest absolute Gasteiger partial charge is 0.481 e. The normalized spacial score (nSPS) is 19.8. The van der Waals surface area contributed by atoms with Crippen LogP contribution in [-0.4, -0.2) is 48.8 Å². The van der Waals surface area contributed by atoms with Crippen LogP contribution in [0.1, 0.15) is 64.4 Å². The molecule has 2 rings (SSSR count). The third kappa shape index (κ3) is 6.99. The Hall–Kier alpha value is -2.15. The maximum absolute atomic E-state index is 12.5. The molecule has 7 nitrogen and oxygen atoms in total. The highest BCUT2D eigenvalue weighted by atomic mass is 16.7. The summed E-state index contributed by atoms with van der Waals surface area (Å²) in [5.41, 5.74) is 0.519. The van der Waals surface area contributed by atoms with Gasteiger partial charge in [0.15, 0.2) is 0 Å². The van der Waals surface area contributed by atoms with Crippen molar-refractivity contribution in [2.75, 3.05) is 21.3 Å². The summed E-state index contributed by atoms with van der Waals surface area (Å²) in [6.45, 7) is 5.63. The van der Waals surface area contributed by atoms with E-state index in [2.05, 4.69) is 4.98 Å². The van der Waals surface area contributed by atoms with E-state index in [9.17, 15) is 9.59 Å². The Kier molecular flexibility index (Phi) is 8.02. The average molecular weight is 407 g/mol. The van der Waals surface area contributed by atoms with Gasteiger partial charge in [-0.2, -0.15) is 0 Å². The monoisotopic (exact) mass is 406 g/mol. The fourth-order valence-corrected chi connectivity index (χ4v) is 3.79. The second-order valence-corrected chi connectivity index (χ2v) is 8.74. The summed E-state index contributed by atoms with van der Waals surface area (Å²) in [4.78, 5) is 33.6. The fraction of sp³-hybridized carbons (Fsp3) is 0.682. The number of amides is 1. The number of nitrogens with zero attached hydrogens (tertiary/aromatic N) is 2. The lowest BCUT2D eigenvalue weighted by atomic mass is 9.64. The molecule has 0 bridgehead atoms. The Labute approximate surface area is 173 Å². The van der Waals surface area contributed by atoms with Crippen LogP contribution in [0.15, 0.2) is 18.3 Å². The zero-order valence-corrected chi connectivity index (χ0v) is 18.4. The second kappa shape index (κ2) is 10.1. The van der Waals surface area contributed by atoms with Crippen LogP contribution in [-0.2, 0) is 19.2 Å². The lowest BCUT2D eigenvalue weighted by molar-refractivity contribution is -0.169. The molecule has 0 radical (unpaired) electrons. The van der Waals surface area contributed by atoms with Gasteiger partial charge in [0.25, 0.3) is 0 Å². The lowest BCUT2D eigenvalue weighted by Crippen LogP contribution is -2.33. The highest BCUT2D eigenvalue weighted by molar-refractivity contribution is 5.74. The first kappa shape index (κ1) is 23.1. The fourth-order valence-electron chi connectivity index (χ4n) is 3.79. The van der Waals surface area contributed by atoms with Crippen molar-refractivity contribution in [1.29, 1.82) is 0 Å². The molecule has 0 spiro atoms. The molecule has 7 heteroatoms. The van der Waals surface area contributed by atoms with E-state index in [0.29, 0.717) is 30.6 Å². The SMILES string of the molecule is COc1ccc(C(CC(=O)OC(C)(C)C)C2CC(CCC(=O)N(C)OC)C2)cn1. The van der Waals surface area contributed by atoms with Gasteiger partial charge in [0.05, 0.1) is 20.6 Å². The lowest BCUT2D eigenvalue weighted by Gasteiger charge is -2.41. The number of pyridine rings is 1. The van der Waals surface area contributed by atoms with Crippen LogP contribution >= 0.6 is 0 Å². The summed E-state index contributed by atoms with van der Waals surface area (Å²) >= 11 is 0. The smallest absolute Gasteiger partial charge is 0.306 e. The van der Waals surface area contributed by atoms with Crippen molar-refractivity contribution in [2.24, 2.45) is 11.8 Å². The Bertz CT molecular complexity index is 677. The van der Waals surface area contributed by atoms with Gasteiger partial charge in [-0.1, -0.05) is 6.07 Å². The molecular weight excluding hydrogens is 372 g/mol. The zero-order chi connectivity index (χ0) is 21.6. The maximum atomic E-state index is 12.5. The molecule has 0 saturated heterocycles. The number of carbonyl (C=O) groups is 2. The molecule has 1 fully saturated rings. The minimum absolute atomic E-state index is 0.0133. The van der Waals surface area contributed by atoms with Gasteiger partial charge in [0.1, 0.15) is 5.60 Å². The molecule has 0 N–H and O–H groups in total. The van der Waals surface area contributed by atoms with Crippen LogP contribution in [0.25, 0.3) is 0 Å². The Morgan fingerprint density at radius 3 is 2.45 bits per heavy atom. The summed E-state index contributed by atoms with van der Waals surface area (Å²) in [6, 6.07) is 3.80. The summed E-state index contributed by atoms with van der Waals surface area (Å²) in [6.07, 6.45) is 5.41. The molecule has 1 aromatic rings. The Balaban J connectivity index is 1.99. The molecule has 1 saturated carbocycles. The van der Waals surface area contributed by atoms with E-state index in [1.54, 1.807) is 20.4 Å². The van der Waals surface area contributed by atoms with Gasteiger partial charge in [-0.3, -0.25) is 14.4 Å². The predicted molar refractivity (Wildman–Crippen MR) is 109 cm³/mol. The van der Waals surface area contributed by atoms with Gasteiger partial charge >= 0.3 is 5.97 Å². The number of carbonyl (C=O) groups excluding carboxylic acids is 2. The van der Waals surface area contributed by atoms with E-state index in [0.717, 1.165) is 24.8 Å². The number of methoxy groups -OCH3 is 1. The topological polar surface area (TPSA) is 78.0 Å². The molecule has 1 aliphatic carbocycles. The summed E-state index contributed by atoms with van der Waals surface area (Å²) in [5, 5.41) is 1.27. The van der Waals surface area contributed by atoms with Crippen molar-refractivity contribution in [3.05, 3.63) is 23.9 Å². The van der Waals surface area contributed by atoms with E-state index in [4.69, 9.17) is 14.3 Å². The van der Waals surface area contributed by atoms with Crippen molar-refractivity contribution < 1.29 is 23.9 Å². The molecule has 1 aromatic heterocycles. The predicted octanol–water partition coefficient (Wildman–Crippen LogP) is 3.73. The van der Waals surface area contributed by atoms with Crippen molar-refractivity contribution in [3.8, 4) is 5.88 Å². The van der Waals surface area contributed by atoms with Gasteiger partial charge in [0.2, 0.25) is 11.8 Å². The number of esters is 1. The third-order valence-corrected chi connectivity index (χ3v) is 5.44. The molecule has 0 aliphatic heterocycles. The zero-order valence-electron chi connectivity index (χ0n) is 18.4. The minimum atomic E-state index is -0.504. The quantitative estimate of drug-likeness (QED) is 0.459. The highest BCUT2D eigenvalue weighted by Crippen LogP contribution is 2.47. The molecule has 1 unspecified atom stereocenters. The van der Waals surface area contributed by atoms with Crippen LogP contribution < -0.4 is 4.74 Å². The summed E-state index contributed by atoms with van der Waals surface area (Å²) in [5.74, 6) is 1.26. The van der Waals surface area contributed by atoms with Gasteiger partial charge in [-0.15, -0.1) is 0 Å². The van der Waals surface area contributed by atoms with Crippen LogP contribution in [0.4, 0.5) is 0 Å². The Morgan fingerprint density at radius 1 is 1.24 bits per heavy atom. The molecule has 29 heavy (non-hydrogen) atoms. The number of ether oxygens (including phenoxy) is 2. The van der Waals surface area contributed by atoms with Gasteiger partial charge < -0.3 is 9.47 Å². The summed E-state index contributed by atoms with van der Waals surface area (Å²) < 4.78 is 10.7. The standard InChI is InChI=1S/C22H34N2O5/c1-22(2,3)29-21(26)13-18(16-8-9-19(27-5)23-14-16)17-11-15(12-17)7-10-20(25)24(4)28-6/h8-9,14-15,17-18H,7,10-13H2,1-6H3. The van der Waals surface area contributed by atoms with Gasteiger partial charge in [0, 0.05) is 25.7 Å². The van der Waals surface area contributed by atoms with Gasteiger partial charge in [-0.25, -0.2) is 10.0 Å². The average Bonchev–Trinajstić information content (AvgIpc) is 2.63. The van der Waals surface area contributed by atoms with E-state index in [1.165, 1.54) is 12.2 Å². The van der Waals surface area contributed by atoms with E-state index in [-0.39, 0.29) is 17.8 Å². The number of aromatic nitrogens is 1. The maximum Gasteiger partial charge on any atom is 0.306 e. The molecule has 1 heterocycles. The van der Waals surface area contributed by atoms with Crippen molar-refractivity contribution in [1.82, 2.24) is 10.0 Å². The van der Waals surface area contributed by atoms with Crippen molar-refractivity contribution in [2.45, 2.75) is 64.4 Å². The van der Waals surface area contributed by atoms with E-state index >= 15 is 0 Å². The Morgan fingerprint density at radius 2 is 1.93 bits per heavy atom. The van der Waals surface area contributed by atoms with Crippen molar-refractivity contribution >= 4 is 11.9 Å². The van der Waals surface area contributed by atoms with E-state index < -0.39 is 5.60 Å². The van der Waals surface area contributed by atoms with Crippen LogP contribution in [0, 0.1) is 11.8 Å². The summed E-state index contributed by atoms with van der Waals surface area (Å²) in [7, 11) is 4.69. The molecule has 162 valence electrons. The van der Waals surface area contributed by atoms with Crippen LogP contribution in [0.2, 0.25) is 0 Å². The van der Waals surface area contributed by atoms with E-state index in [1.807, 2.05) is 32.9 Å². The second-order valence-electron chi connectivity index (χ2n) is 8.74. The number of hydroxylamine groups is 2. The molecular formula is C22H34N2O5. The number of rotatable bonds is 9.